The average Bonchev–Trinajstić information content (AvgIpc) is 3.15. The maximum atomic E-state index is 13.3. The quantitative estimate of drug-likeness (QED) is 0.541. The Kier molecular flexibility index (Phi) is 6.51. The number of carbonyl (C=O) groups excluding carboxylic acids is 1. The minimum absolute atomic E-state index is 0.0407. The first kappa shape index (κ1) is 21.3. The van der Waals surface area contributed by atoms with E-state index in [1.54, 1.807) is 18.2 Å². The Hall–Kier alpha value is -1.38. The number of phenolic OH excluding ortho intramolecular Hbond substituents is 1. The number of methoxy groups -OCH3 is 1. The Morgan fingerprint density at radius 2 is 1.75 bits per heavy atom. The molecule has 5 nitrogen and oxygen atoms in total. The van der Waals surface area contributed by atoms with Gasteiger partial charge in [-0.1, -0.05) is 12.8 Å². The van der Waals surface area contributed by atoms with Crippen molar-refractivity contribution in [1.82, 2.24) is 0 Å². The molecule has 0 bridgehead atoms. The third-order valence-electron chi connectivity index (χ3n) is 5.01. The van der Waals surface area contributed by atoms with Crippen LogP contribution in [0, 0.1) is 0 Å². The van der Waals surface area contributed by atoms with Gasteiger partial charge in [0.1, 0.15) is 10.6 Å². The molecule has 2 aromatic carbocycles. The molecule has 0 spiro atoms. The Morgan fingerprint density at radius 3 is 2.32 bits per heavy atom. The van der Waals surface area contributed by atoms with E-state index in [0.717, 1.165) is 25.7 Å². The highest BCUT2D eigenvalue weighted by atomic mass is 79.9. The zero-order chi connectivity index (χ0) is 20.5. The largest absolute Gasteiger partial charge is 0.508 e. The van der Waals surface area contributed by atoms with Crippen LogP contribution < -0.4 is 0 Å². The van der Waals surface area contributed by atoms with Crippen molar-refractivity contribution in [1.29, 1.82) is 0 Å². The molecule has 2 aromatic rings. The molecule has 8 heteroatoms. The highest BCUT2D eigenvalue weighted by Crippen LogP contribution is 2.41. The number of rotatable bonds is 5. The molecule has 3 rings (SSSR count). The Balaban J connectivity index is 2.03. The predicted molar refractivity (Wildman–Crippen MR) is 112 cm³/mol. The Bertz CT molecular complexity index is 988. The zero-order valence-corrected chi connectivity index (χ0v) is 19.2. The SMILES string of the molecule is COC(=O)Cc1cc(Br)c(S(=O)(=O)c2ccc(O)c(C3CCCC3)c2)c(Br)c1. The van der Waals surface area contributed by atoms with Gasteiger partial charge in [-0.25, -0.2) is 8.42 Å². The fourth-order valence-electron chi connectivity index (χ4n) is 3.59. The van der Waals surface area contributed by atoms with Crippen LogP contribution in [0.5, 0.6) is 5.75 Å². The van der Waals surface area contributed by atoms with Crippen molar-refractivity contribution in [3.05, 3.63) is 50.4 Å². The van der Waals surface area contributed by atoms with Crippen LogP contribution in [-0.2, 0) is 25.8 Å². The second-order valence-corrected chi connectivity index (χ2v) is 10.4. The maximum Gasteiger partial charge on any atom is 0.309 e. The molecule has 1 aliphatic rings. The summed E-state index contributed by atoms with van der Waals surface area (Å²) in [6.45, 7) is 0. The van der Waals surface area contributed by atoms with Gasteiger partial charge in [-0.05, 0) is 92.1 Å². The monoisotopic (exact) mass is 530 g/mol. The summed E-state index contributed by atoms with van der Waals surface area (Å²) in [4.78, 5) is 11.7. The summed E-state index contributed by atoms with van der Waals surface area (Å²) in [6.07, 6.45) is 4.11. The molecule has 0 atom stereocenters. The highest BCUT2D eigenvalue weighted by molar-refractivity contribution is 9.11. The topological polar surface area (TPSA) is 80.7 Å². The molecular weight excluding hydrogens is 512 g/mol. The summed E-state index contributed by atoms with van der Waals surface area (Å²) in [5.41, 5.74) is 1.31. The van der Waals surface area contributed by atoms with E-state index in [-0.39, 0.29) is 27.9 Å². The van der Waals surface area contributed by atoms with E-state index in [0.29, 0.717) is 20.1 Å². The van der Waals surface area contributed by atoms with Gasteiger partial charge in [-0.3, -0.25) is 4.79 Å². The van der Waals surface area contributed by atoms with Crippen molar-refractivity contribution in [2.24, 2.45) is 0 Å². The number of halogens is 2. The van der Waals surface area contributed by atoms with Gasteiger partial charge in [0.25, 0.3) is 0 Å². The maximum absolute atomic E-state index is 13.3. The number of ether oxygens (including phenoxy) is 1. The number of aromatic hydroxyl groups is 1. The lowest BCUT2D eigenvalue weighted by Gasteiger charge is -2.15. The molecule has 0 aromatic heterocycles. The van der Waals surface area contributed by atoms with Crippen molar-refractivity contribution in [3.8, 4) is 5.75 Å². The molecule has 28 heavy (non-hydrogen) atoms. The zero-order valence-electron chi connectivity index (χ0n) is 15.2. The summed E-state index contributed by atoms with van der Waals surface area (Å²) >= 11 is 6.66. The van der Waals surface area contributed by atoms with Crippen LogP contribution in [0.2, 0.25) is 0 Å². The third kappa shape index (κ3) is 4.28. The first-order chi connectivity index (χ1) is 13.2. The number of phenols is 1. The van der Waals surface area contributed by atoms with Gasteiger partial charge in [0.05, 0.1) is 18.4 Å². The summed E-state index contributed by atoms with van der Waals surface area (Å²) < 4.78 is 32.0. The van der Waals surface area contributed by atoms with Gasteiger partial charge in [0, 0.05) is 8.95 Å². The lowest BCUT2D eigenvalue weighted by atomic mass is 9.97. The molecule has 1 fully saturated rings. The standard InChI is InChI=1S/C20H20Br2O5S/c1-27-19(24)10-12-8-16(21)20(17(22)9-12)28(25,26)14-6-7-18(23)15(11-14)13-4-2-3-5-13/h6-9,11,13,23H,2-5,10H2,1H3. The molecule has 0 unspecified atom stereocenters. The lowest BCUT2D eigenvalue weighted by molar-refractivity contribution is -0.139. The fraction of sp³-hybridized carbons (Fsp3) is 0.350. The smallest absolute Gasteiger partial charge is 0.309 e. The number of hydrogen-bond acceptors (Lipinski definition) is 5. The van der Waals surface area contributed by atoms with E-state index in [4.69, 9.17) is 0 Å². The fourth-order valence-corrected chi connectivity index (χ4v) is 7.55. The molecule has 150 valence electrons. The molecule has 0 saturated heterocycles. The van der Waals surface area contributed by atoms with Crippen molar-refractivity contribution < 1.29 is 23.1 Å². The van der Waals surface area contributed by atoms with Gasteiger partial charge in [0.15, 0.2) is 0 Å². The number of carbonyl (C=O) groups is 1. The van der Waals surface area contributed by atoms with E-state index >= 15 is 0 Å². The van der Waals surface area contributed by atoms with Crippen molar-refractivity contribution in [2.45, 2.75) is 47.8 Å². The molecule has 0 radical (unpaired) electrons. The summed E-state index contributed by atoms with van der Waals surface area (Å²) in [7, 11) is -2.54. The van der Waals surface area contributed by atoms with E-state index < -0.39 is 15.8 Å². The van der Waals surface area contributed by atoms with Gasteiger partial charge in [0.2, 0.25) is 9.84 Å². The number of sulfone groups is 1. The third-order valence-corrected chi connectivity index (χ3v) is 8.63. The van der Waals surface area contributed by atoms with Gasteiger partial charge >= 0.3 is 5.97 Å². The first-order valence-corrected chi connectivity index (χ1v) is 11.9. The van der Waals surface area contributed by atoms with Gasteiger partial charge in [-0.2, -0.15) is 0 Å². The lowest BCUT2D eigenvalue weighted by Crippen LogP contribution is -2.08. The number of esters is 1. The normalized spacial score (nSPS) is 15.0. The second kappa shape index (κ2) is 8.55. The second-order valence-electron chi connectivity index (χ2n) is 6.85. The average molecular weight is 532 g/mol. The minimum atomic E-state index is -3.84. The van der Waals surface area contributed by atoms with Crippen LogP contribution in [0.15, 0.2) is 49.1 Å². The van der Waals surface area contributed by atoms with E-state index in [1.807, 2.05) is 0 Å². The van der Waals surface area contributed by atoms with Crippen LogP contribution in [0.25, 0.3) is 0 Å². The Morgan fingerprint density at radius 1 is 1.14 bits per heavy atom. The summed E-state index contributed by atoms with van der Waals surface area (Å²) in [6, 6.07) is 7.67. The minimum Gasteiger partial charge on any atom is -0.508 e. The van der Waals surface area contributed by atoms with Crippen molar-refractivity contribution in [2.75, 3.05) is 7.11 Å². The van der Waals surface area contributed by atoms with E-state index in [2.05, 4.69) is 36.6 Å². The van der Waals surface area contributed by atoms with Crippen molar-refractivity contribution in [3.63, 3.8) is 0 Å². The molecule has 0 aliphatic heterocycles. The number of benzene rings is 2. The molecule has 1 N–H and O–H groups in total. The molecule has 0 heterocycles. The summed E-state index contributed by atoms with van der Waals surface area (Å²) in [5.74, 6) is -0.0870. The van der Waals surface area contributed by atoms with Crippen LogP contribution >= 0.6 is 31.9 Å². The van der Waals surface area contributed by atoms with Crippen LogP contribution in [-0.4, -0.2) is 26.6 Å². The van der Waals surface area contributed by atoms with E-state index in [9.17, 15) is 18.3 Å². The van der Waals surface area contributed by atoms with Crippen LogP contribution in [0.1, 0.15) is 42.7 Å². The first-order valence-electron chi connectivity index (χ1n) is 8.86. The molecular formula is C20H20Br2O5S. The predicted octanol–water partition coefficient (Wildman–Crippen LogP) is 5.12. The van der Waals surface area contributed by atoms with Crippen molar-refractivity contribution >= 4 is 47.7 Å². The van der Waals surface area contributed by atoms with Gasteiger partial charge < -0.3 is 9.84 Å². The molecule has 0 amide bonds. The molecule has 1 saturated carbocycles. The highest BCUT2D eigenvalue weighted by Gasteiger charge is 2.27. The molecule has 1 aliphatic carbocycles. The van der Waals surface area contributed by atoms with Gasteiger partial charge in [-0.15, -0.1) is 0 Å². The van der Waals surface area contributed by atoms with Crippen LogP contribution in [0.4, 0.5) is 0 Å². The van der Waals surface area contributed by atoms with Crippen LogP contribution in [0.3, 0.4) is 0 Å². The van der Waals surface area contributed by atoms with E-state index in [1.165, 1.54) is 19.2 Å². The number of hydrogen-bond donors (Lipinski definition) is 1. The summed E-state index contributed by atoms with van der Waals surface area (Å²) in [5, 5.41) is 10.2. The Labute approximate surface area is 181 Å².